The fourth-order valence-corrected chi connectivity index (χ4v) is 4.86. The zero-order valence-corrected chi connectivity index (χ0v) is 26.0. The first kappa shape index (κ1) is 32.2. The Balaban J connectivity index is 1.97. The number of hydrogen-bond donors (Lipinski definition) is 0. The van der Waals surface area contributed by atoms with Gasteiger partial charge < -0.3 is 14.2 Å². The molecule has 1 aromatic heterocycles. The van der Waals surface area contributed by atoms with E-state index in [1.807, 2.05) is 39.8 Å². The van der Waals surface area contributed by atoms with E-state index in [2.05, 4.69) is 5.10 Å². The van der Waals surface area contributed by atoms with Crippen LogP contribution in [-0.2, 0) is 9.53 Å². The van der Waals surface area contributed by atoms with Crippen LogP contribution < -0.4 is 15.0 Å². The maximum atomic E-state index is 13.9. The molecule has 0 radical (unpaired) electrons. The molecule has 0 aliphatic rings. The van der Waals surface area contributed by atoms with Crippen molar-refractivity contribution >= 4 is 40.4 Å². The van der Waals surface area contributed by atoms with E-state index in [4.69, 9.17) is 30.8 Å². The van der Waals surface area contributed by atoms with Gasteiger partial charge in [0.05, 0.1) is 35.3 Å². The smallest absolute Gasteiger partial charge is 0.347 e. The van der Waals surface area contributed by atoms with Crippen LogP contribution in [0.15, 0.2) is 58.4 Å². The first-order chi connectivity index (χ1) is 21.0. The third-order valence-electron chi connectivity index (χ3n) is 6.76. The summed E-state index contributed by atoms with van der Waals surface area (Å²) in [5, 5.41) is 16.8. The van der Waals surface area contributed by atoms with E-state index in [0.29, 0.717) is 23.1 Å². The van der Waals surface area contributed by atoms with Crippen LogP contribution in [0, 0.1) is 17.0 Å². The fourth-order valence-electron chi connectivity index (χ4n) is 4.64. The largest absolute Gasteiger partial charge is 0.494 e. The highest BCUT2D eigenvalue weighted by Crippen LogP contribution is 2.36. The number of aryl methyl sites for hydroxylation is 1. The normalized spacial score (nSPS) is 12.1. The van der Waals surface area contributed by atoms with Gasteiger partial charge >= 0.3 is 11.7 Å². The van der Waals surface area contributed by atoms with Crippen molar-refractivity contribution in [2.45, 2.75) is 53.6 Å². The molecular formula is C32H33ClN4O7. The van der Waals surface area contributed by atoms with E-state index >= 15 is 0 Å². The van der Waals surface area contributed by atoms with Crippen LogP contribution in [0.1, 0.15) is 57.2 Å². The van der Waals surface area contributed by atoms with Crippen molar-refractivity contribution in [2.75, 3.05) is 13.2 Å². The number of halogens is 1. The number of aromatic nitrogens is 2. The molecule has 0 saturated carbocycles. The summed E-state index contributed by atoms with van der Waals surface area (Å²) in [5.74, 6) is 0.139. The van der Waals surface area contributed by atoms with Crippen molar-refractivity contribution in [3.05, 3.63) is 90.7 Å². The second-order valence-electron chi connectivity index (χ2n) is 10.2. The number of fused-ring (bicyclic) bond motifs is 1. The van der Waals surface area contributed by atoms with E-state index in [0.717, 1.165) is 27.6 Å². The van der Waals surface area contributed by atoms with Gasteiger partial charge in [0.25, 0.3) is 5.56 Å². The molecular weight excluding hydrogens is 588 g/mol. The topological polar surface area (TPSA) is 135 Å². The third-order valence-corrected chi connectivity index (χ3v) is 6.98. The van der Waals surface area contributed by atoms with Crippen molar-refractivity contribution in [1.82, 2.24) is 9.66 Å². The van der Waals surface area contributed by atoms with Gasteiger partial charge in [0, 0.05) is 22.2 Å². The summed E-state index contributed by atoms with van der Waals surface area (Å²) in [5.41, 5.74) is 1.99. The molecule has 1 heterocycles. The quantitative estimate of drug-likeness (QED) is 0.0785. The lowest BCUT2D eigenvalue weighted by atomic mass is 9.96. The summed E-state index contributed by atoms with van der Waals surface area (Å²) in [4.78, 5) is 42.2. The highest BCUT2D eigenvalue weighted by molar-refractivity contribution is 6.31. The van der Waals surface area contributed by atoms with Crippen LogP contribution in [-0.4, -0.2) is 46.1 Å². The number of nitrogens with zero attached hydrogens (tertiary/aromatic N) is 4. The molecule has 1 atom stereocenters. The molecule has 3 aromatic carbocycles. The first-order valence-electron chi connectivity index (χ1n) is 14.1. The summed E-state index contributed by atoms with van der Waals surface area (Å²) >= 11 is 6.24. The summed E-state index contributed by atoms with van der Waals surface area (Å²) < 4.78 is 17.7. The monoisotopic (exact) mass is 620 g/mol. The number of carbonyl (C=O) groups is 1. The van der Waals surface area contributed by atoms with Gasteiger partial charge in [0.2, 0.25) is 5.75 Å². The van der Waals surface area contributed by atoms with Crippen molar-refractivity contribution < 1.29 is 23.9 Å². The number of rotatable bonds is 11. The lowest BCUT2D eigenvalue weighted by Gasteiger charge is -2.18. The van der Waals surface area contributed by atoms with Gasteiger partial charge in [-0.2, -0.15) is 9.78 Å². The van der Waals surface area contributed by atoms with Crippen LogP contribution in [0.4, 0.5) is 5.69 Å². The number of nitro groups is 1. The molecule has 0 amide bonds. The van der Waals surface area contributed by atoms with Crippen LogP contribution in [0.2, 0.25) is 5.02 Å². The number of hydrogen-bond acceptors (Lipinski definition) is 9. The summed E-state index contributed by atoms with van der Waals surface area (Å²) in [7, 11) is 0. The number of esters is 1. The van der Waals surface area contributed by atoms with Crippen molar-refractivity contribution in [3.8, 4) is 22.9 Å². The maximum Gasteiger partial charge on any atom is 0.347 e. The zero-order chi connectivity index (χ0) is 32.1. The Morgan fingerprint density at radius 2 is 1.86 bits per heavy atom. The number of ether oxygens (including phenoxy) is 3. The molecule has 230 valence electrons. The Morgan fingerprint density at radius 3 is 2.52 bits per heavy atom. The minimum Gasteiger partial charge on any atom is -0.494 e. The first-order valence-corrected chi connectivity index (χ1v) is 14.5. The SMILES string of the molecule is CCOC(=O)[C@H](C)Oc1c(C=Nn2c(-c3cc(C(C)C)c(OCC)cc3C)nc3ccccc3c2=O)cc(Cl)cc1[N+](=O)[O-]. The van der Waals surface area contributed by atoms with Gasteiger partial charge in [-0.05, 0) is 75.1 Å². The van der Waals surface area contributed by atoms with Gasteiger partial charge in [-0.15, -0.1) is 0 Å². The van der Waals surface area contributed by atoms with E-state index in [-0.39, 0.29) is 34.7 Å². The number of nitro benzene ring substituents is 1. The summed E-state index contributed by atoms with van der Waals surface area (Å²) in [6, 6.07) is 13.2. The molecule has 4 rings (SSSR count). The van der Waals surface area contributed by atoms with E-state index < -0.39 is 28.2 Å². The Kier molecular flexibility index (Phi) is 10.00. The summed E-state index contributed by atoms with van der Waals surface area (Å²) in [6.45, 7) is 11.5. The Hall–Kier alpha value is -4.77. The fraction of sp³-hybridized carbons (Fsp3) is 0.312. The molecule has 0 N–H and O–H groups in total. The van der Waals surface area contributed by atoms with Crippen molar-refractivity contribution in [1.29, 1.82) is 0 Å². The van der Waals surface area contributed by atoms with Crippen molar-refractivity contribution in [3.63, 3.8) is 0 Å². The number of carbonyl (C=O) groups excluding carboxylic acids is 1. The predicted octanol–water partition coefficient (Wildman–Crippen LogP) is 6.67. The third kappa shape index (κ3) is 6.73. The van der Waals surface area contributed by atoms with Gasteiger partial charge in [-0.3, -0.25) is 14.9 Å². The Bertz CT molecular complexity index is 1820. The van der Waals surface area contributed by atoms with Gasteiger partial charge in [-0.25, -0.2) is 9.78 Å². The highest BCUT2D eigenvalue weighted by Gasteiger charge is 2.26. The molecule has 0 spiro atoms. The van der Waals surface area contributed by atoms with E-state index in [1.165, 1.54) is 19.2 Å². The second-order valence-corrected chi connectivity index (χ2v) is 10.7. The molecule has 0 bridgehead atoms. The minimum absolute atomic E-state index is 0.0300. The molecule has 11 nitrogen and oxygen atoms in total. The molecule has 0 fully saturated rings. The molecule has 0 saturated heterocycles. The molecule has 4 aromatic rings. The number of para-hydroxylation sites is 1. The number of benzene rings is 3. The minimum atomic E-state index is -1.18. The standard InChI is InChI=1S/C32H33ClN4O7/c1-7-42-28-13-19(5)25(16-24(28)18(3)4)30-35-26-12-10-9-11-23(26)31(38)36(30)34-17-21-14-22(33)15-27(37(40)41)29(21)44-20(6)32(39)43-8-2/h9-18,20H,7-8H2,1-6H3/t20-/m0/s1. The molecule has 44 heavy (non-hydrogen) atoms. The molecule has 12 heteroatoms. The molecule has 0 aliphatic heterocycles. The molecule has 0 aliphatic carbocycles. The van der Waals surface area contributed by atoms with E-state index in [9.17, 15) is 19.7 Å². The highest BCUT2D eigenvalue weighted by atomic mass is 35.5. The van der Waals surface area contributed by atoms with Crippen molar-refractivity contribution in [2.24, 2.45) is 5.10 Å². The van der Waals surface area contributed by atoms with Gasteiger partial charge in [-0.1, -0.05) is 37.6 Å². The van der Waals surface area contributed by atoms with Crippen LogP contribution >= 0.6 is 11.6 Å². The van der Waals surface area contributed by atoms with Gasteiger partial charge in [0.1, 0.15) is 5.75 Å². The van der Waals surface area contributed by atoms with Gasteiger partial charge in [0.15, 0.2) is 11.9 Å². The second kappa shape index (κ2) is 13.7. The van der Waals surface area contributed by atoms with Crippen LogP contribution in [0.3, 0.4) is 0 Å². The predicted molar refractivity (Wildman–Crippen MR) is 169 cm³/mol. The Morgan fingerprint density at radius 1 is 1.14 bits per heavy atom. The lowest BCUT2D eigenvalue weighted by Crippen LogP contribution is -2.27. The summed E-state index contributed by atoms with van der Waals surface area (Å²) in [6.07, 6.45) is 0.0456. The van der Waals surface area contributed by atoms with Crippen LogP contribution in [0.25, 0.3) is 22.3 Å². The Labute approximate surface area is 259 Å². The zero-order valence-electron chi connectivity index (χ0n) is 25.3. The lowest BCUT2D eigenvalue weighted by molar-refractivity contribution is -0.386. The van der Waals surface area contributed by atoms with E-state index in [1.54, 1.807) is 31.2 Å². The molecule has 0 unspecified atom stereocenters. The maximum absolute atomic E-state index is 13.9. The van der Waals surface area contributed by atoms with Crippen LogP contribution in [0.5, 0.6) is 11.5 Å². The average molecular weight is 621 g/mol. The average Bonchev–Trinajstić information content (AvgIpc) is 2.97.